The molecule has 0 aromatic rings. The second kappa shape index (κ2) is 12.3. The van der Waals surface area contributed by atoms with Gasteiger partial charge in [0.25, 0.3) is 10.1 Å². The van der Waals surface area contributed by atoms with Gasteiger partial charge in [0.15, 0.2) is 0 Å². The van der Waals surface area contributed by atoms with Crippen LogP contribution >= 0.6 is 0 Å². The van der Waals surface area contributed by atoms with Crippen LogP contribution in [-0.4, -0.2) is 47.3 Å². The van der Waals surface area contributed by atoms with E-state index in [9.17, 15) is 8.42 Å². The van der Waals surface area contributed by atoms with E-state index in [4.69, 9.17) is 0 Å². The summed E-state index contributed by atoms with van der Waals surface area (Å²) in [6.45, 7) is 2.51. The Balaban J connectivity index is 0. The lowest BCUT2D eigenvalue weighted by Gasteiger charge is -2.00. The molecule has 0 bridgehead atoms. The molecule has 0 rings (SSSR count). The van der Waals surface area contributed by atoms with Crippen molar-refractivity contribution in [1.29, 1.82) is 0 Å². The minimum absolute atomic E-state index is 0.338. The van der Waals surface area contributed by atoms with Gasteiger partial charge in [-0.2, -0.15) is 8.42 Å². The monoisotopic (exact) mass is 267 g/mol. The molecular formula is C12H29NO3S. The van der Waals surface area contributed by atoms with Gasteiger partial charge in [-0.25, -0.2) is 0 Å². The van der Waals surface area contributed by atoms with Crippen LogP contribution in [0.2, 0.25) is 0 Å². The zero-order chi connectivity index (χ0) is 13.7. The molecule has 0 radical (unpaired) electrons. The van der Waals surface area contributed by atoms with Gasteiger partial charge in [-0.05, 0) is 27.6 Å². The summed E-state index contributed by atoms with van der Waals surface area (Å²) in [7, 11) is 2.78. The Hall–Kier alpha value is -0.130. The van der Waals surface area contributed by atoms with Crippen LogP contribution in [0.5, 0.6) is 0 Å². The fourth-order valence-corrected chi connectivity index (χ4v) is 1.51. The first-order chi connectivity index (χ1) is 7.79. The van der Waals surface area contributed by atoms with Crippen molar-refractivity contribution in [3.8, 4) is 0 Å². The molecule has 17 heavy (non-hydrogen) atoms. The van der Waals surface area contributed by atoms with Gasteiger partial charge in [0.2, 0.25) is 0 Å². The summed E-state index contributed by atoms with van der Waals surface area (Å²) < 4.78 is 25.7. The maximum atomic E-state index is 10.5. The lowest BCUT2D eigenvalue weighted by atomic mass is 10.1. The van der Waals surface area contributed by atoms with E-state index in [0.29, 0.717) is 6.61 Å². The van der Waals surface area contributed by atoms with E-state index in [-0.39, 0.29) is 0 Å². The van der Waals surface area contributed by atoms with Crippen molar-refractivity contribution in [1.82, 2.24) is 4.90 Å². The lowest BCUT2D eigenvalue weighted by Crippen LogP contribution is -2.03. The van der Waals surface area contributed by atoms with Gasteiger partial charge in [0.05, 0.1) is 12.9 Å². The molecule has 5 heteroatoms. The molecule has 0 aromatic heterocycles. The highest BCUT2D eigenvalue weighted by molar-refractivity contribution is 7.85. The van der Waals surface area contributed by atoms with Crippen molar-refractivity contribution in [3.05, 3.63) is 0 Å². The maximum Gasteiger partial charge on any atom is 0.264 e. The van der Waals surface area contributed by atoms with Crippen LogP contribution in [0.3, 0.4) is 0 Å². The summed E-state index contributed by atoms with van der Waals surface area (Å²) in [6.07, 6.45) is 7.93. The molecule has 0 aromatic carbocycles. The SMILES string of the molecule is CCCCCCCCOS(C)(=O)=O.CN(C)C. The minimum atomic E-state index is -3.22. The van der Waals surface area contributed by atoms with Crippen LogP contribution in [0.4, 0.5) is 0 Å². The van der Waals surface area contributed by atoms with Crippen LogP contribution in [0.25, 0.3) is 0 Å². The summed E-state index contributed by atoms with van der Waals surface area (Å²) in [5.74, 6) is 0. The molecule has 0 amide bonds. The molecule has 0 fully saturated rings. The van der Waals surface area contributed by atoms with Crippen molar-refractivity contribution in [2.24, 2.45) is 0 Å². The summed E-state index contributed by atoms with van der Waals surface area (Å²) >= 11 is 0. The van der Waals surface area contributed by atoms with E-state index < -0.39 is 10.1 Å². The summed E-state index contributed by atoms with van der Waals surface area (Å²) in [5.41, 5.74) is 0. The lowest BCUT2D eigenvalue weighted by molar-refractivity contribution is 0.309. The van der Waals surface area contributed by atoms with Gasteiger partial charge in [-0.15, -0.1) is 0 Å². The third kappa shape index (κ3) is 31.3. The van der Waals surface area contributed by atoms with E-state index in [2.05, 4.69) is 11.1 Å². The first-order valence-electron chi connectivity index (χ1n) is 6.25. The number of hydrogen-bond acceptors (Lipinski definition) is 4. The molecule has 0 atom stereocenters. The molecule has 0 aliphatic rings. The number of hydrogen-bond donors (Lipinski definition) is 0. The van der Waals surface area contributed by atoms with Crippen molar-refractivity contribution >= 4 is 10.1 Å². The van der Waals surface area contributed by atoms with E-state index in [1.54, 1.807) is 0 Å². The smallest absolute Gasteiger partial charge is 0.264 e. The fourth-order valence-electron chi connectivity index (χ4n) is 1.09. The Morgan fingerprint density at radius 1 is 0.941 bits per heavy atom. The number of rotatable bonds is 8. The number of unbranched alkanes of at least 4 members (excludes halogenated alkanes) is 5. The predicted molar refractivity (Wildman–Crippen MR) is 73.8 cm³/mol. The van der Waals surface area contributed by atoms with E-state index >= 15 is 0 Å². The van der Waals surface area contributed by atoms with Crippen LogP contribution in [0.1, 0.15) is 45.4 Å². The first-order valence-corrected chi connectivity index (χ1v) is 8.06. The molecule has 0 N–H and O–H groups in total. The predicted octanol–water partition coefficient (Wildman–Crippen LogP) is 2.50. The topological polar surface area (TPSA) is 46.6 Å². The second-order valence-electron chi connectivity index (χ2n) is 4.64. The Morgan fingerprint density at radius 2 is 1.35 bits per heavy atom. The Labute approximate surface area is 107 Å². The molecule has 0 heterocycles. The maximum absolute atomic E-state index is 10.5. The fraction of sp³-hybridized carbons (Fsp3) is 1.00. The Bertz CT molecular complexity index is 235. The number of nitrogens with zero attached hydrogens (tertiary/aromatic N) is 1. The van der Waals surface area contributed by atoms with Crippen LogP contribution < -0.4 is 0 Å². The quantitative estimate of drug-likeness (QED) is 0.501. The van der Waals surface area contributed by atoms with Crippen LogP contribution in [0.15, 0.2) is 0 Å². The Kier molecular flexibility index (Phi) is 13.9. The van der Waals surface area contributed by atoms with Crippen molar-refractivity contribution in [2.45, 2.75) is 45.4 Å². The van der Waals surface area contributed by atoms with E-state index in [1.165, 1.54) is 25.7 Å². The molecule has 0 saturated heterocycles. The molecule has 0 aliphatic heterocycles. The van der Waals surface area contributed by atoms with Gasteiger partial charge in [0.1, 0.15) is 0 Å². The molecule has 4 nitrogen and oxygen atoms in total. The highest BCUT2D eigenvalue weighted by atomic mass is 32.2. The van der Waals surface area contributed by atoms with E-state index in [0.717, 1.165) is 19.1 Å². The van der Waals surface area contributed by atoms with Gasteiger partial charge < -0.3 is 4.90 Å². The standard InChI is InChI=1S/C9H20O3S.C3H9N/c1-3-4-5-6-7-8-9-12-13(2,10)11;1-4(2)3/h3-9H2,1-2H3;1-3H3. The van der Waals surface area contributed by atoms with Gasteiger partial charge in [-0.1, -0.05) is 39.0 Å². The molecular weight excluding hydrogens is 238 g/mol. The second-order valence-corrected chi connectivity index (χ2v) is 6.28. The average molecular weight is 267 g/mol. The molecule has 0 spiro atoms. The molecule has 0 saturated carbocycles. The third-order valence-corrected chi connectivity index (χ3v) is 2.39. The summed E-state index contributed by atoms with van der Waals surface area (Å²) in [6, 6.07) is 0. The summed E-state index contributed by atoms with van der Waals surface area (Å²) in [5, 5.41) is 0. The van der Waals surface area contributed by atoms with Crippen LogP contribution in [0, 0.1) is 0 Å². The highest BCUT2D eigenvalue weighted by Gasteiger charge is 1.99. The molecule has 106 valence electrons. The minimum Gasteiger partial charge on any atom is -0.312 e. The van der Waals surface area contributed by atoms with Gasteiger partial charge in [0, 0.05) is 0 Å². The molecule has 0 unspecified atom stereocenters. The van der Waals surface area contributed by atoms with E-state index in [1.807, 2.05) is 26.0 Å². The largest absolute Gasteiger partial charge is 0.312 e. The molecule has 0 aliphatic carbocycles. The van der Waals surface area contributed by atoms with Crippen molar-refractivity contribution < 1.29 is 12.6 Å². The average Bonchev–Trinajstić information content (AvgIpc) is 2.14. The zero-order valence-electron chi connectivity index (χ0n) is 12.0. The highest BCUT2D eigenvalue weighted by Crippen LogP contribution is 2.05. The first kappa shape index (κ1) is 19.2. The normalized spacial score (nSPS) is 11.2. The Morgan fingerprint density at radius 3 is 1.76 bits per heavy atom. The zero-order valence-corrected chi connectivity index (χ0v) is 12.8. The van der Waals surface area contributed by atoms with Gasteiger partial charge in [-0.3, -0.25) is 4.18 Å². The third-order valence-electron chi connectivity index (χ3n) is 1.80. The van der Waals surface area contributed by atoms with Crippen molar-refractivity contribution in [2.75, 3.05) is 34.0 Å². The van der Waals surface area contributed by atoms with Crippen LogP contribution in [-0.2, 0) is 14.3 Å². The van der Waals surface area contributed by atoms with Gasteiger partial charge >= 0.3 is 0 Å². The summed E-state index contributed by atoms with van der Waals surface area (Å²) in [4.78, 5) is 2.00. The van der Waals surface area contributed by atoms with Crippen molar-refractivity contribution in [3.63, 3.8) is 0 Å².